The number of allylic oxidation sites excluding steroid dienone is 1. The second-order valence-corrected chi connectivity index (χ2v) is 19.7. The molecule has 0 unspecified atom stereocenters. The Balaban J connectivity index is 1.37. The Kier molecular flexibility index (Phi) is 15.0. The van der Waals surface area contributed by atoms with Gasteiger partial charge >= 0.3 is 0 Å². The zero-order valence-corrected chi connectivity index (χ0v) is 39.2. The van der Waals surface area contributed by atoms with Crippen molar-refractivity contribution in [3.63, 3.8) is 0 Å². The van der Waals surface area contributed by atoms with Gasteiger partial charge in [-0.15, -0.1) is 6.58 Å². The van der Waals surface area contributed by atoms with Crippen LogP contribution in [0.3, 0.4) is 0 Å². The van der Waals surface area contributed by atoms with Gasteiger partial charge < -0.3 is 29.3 Å². The molecule has 4 aromatic carbocycles. The number of aromatic nitrogens is 1. The molecule has 0 radical (unpaired) electrons. The first-order valence-corrected chi connectivity index (χ1v) is 24.9. The summed E-state index contributed by atoms with van der Waals surface area (Å²) in [6, 6.07) is 29.8. The lowest BCUT2D eigenvalue weighted by Crippen LogP contribution is -2.70. The molecule has 1 fully saturated rings. The van der Waals surface area contributed by atoms with Crippen molar-refractivity contribution >= 4 is 26.6 Å². The second kappa shape index (κ2) is 21.1. The van der Waals surface area contributed by atoms with E-state index in [4.69, 9.17) is 24.2 Å². The Hall–Kier alpha value is -5.37. The molecular weight excluding hydrogens is 851 g/mol. The average molecular weight is 914 g/mol. The predicted octanol–water partition coefficient (Wildman–Crippen LogP) is 10.6. The standard InChI is InChI=1S/C54H63N3O8S/c1-5-28-57(66(60,61)49-22-14-19-40-20-15-27-55-53(40)49)50-35-47(56-63-36-39-16-8-7-9-17-39)45-33-41(18-10-12-29-58)44(21-11-13-30-59)51-46-34-43(64-42-24-23-37(3)38(4)32-42)25-26-48(46)65-54(50,52(45)51)62-31-6-2/h6-9,14-17,19-20,22-27,32-34,41,44,50-52,58-59H,2,5,10-13,18,21,28-31,35-36H2,1,3-4H3/t41-,44+,50-,51+,52+,54+/m0/s1. The molecule has 2 aliphatic carbocycles. The van der Waals surface area contributed by atoms with Crippen molar-refractivity contribution in [1.29, 1.82) is 0 Å². The van der Waals surface area contributed by atoms with E-state index in [1.165, 1.54) is 5.56 Å². The number of benzene rings is 4. The zero-order valence-electron chi connectivity index (χ0n) is 38.3. The first-order chi connectivity index (χ1) is 32.1. The van der Waals surface area contributed by atoms with Gasteiger partial charge in [-0.3, -0.25) is 4.98 Å². The summed E-state index contributed by atoms with van der Waals surface area (Å²) in [5.41, 5.74) is 6.08. The Labute approximate surface area is 389 Å². The van der Waals surface area contributed by atoms with Crippen molar-refractivity contribution in [3.8, 4) is 17.2 Å². The molecule has 3 aliphatic rings. The molecule has 1 aromatic heterocycles. The molecule has 0 amide bonds. The van der Waals surface area contributed by atoms with E-state index in [-0.39, 0.29) is 62.0 Å². The number of ether oxygens (including phenoxy) is 3. The fraction of sp³-hybridized carbons (Fsp3) is 0.407. The number of aryl methyl sites for hydroxylation is 2. The molecule has 348 valence electrons. The quantitative estimate of drug-likeness (QED) is 0.0418. The van der Waals surface area contributed by atoms with E-state index in [1.54, 1.807) is 34.8 Å². The van der Waals surface area contributed by atoms with Crippen LogP contribution < -0.4 is 9.47 Å². The number of hydrogen-bond donors (Lipinski definition) is 2. The van der Waals surface area contributed by atoms with Gasteiger partial charge in [0.05, 0.1) is 29.8 Å². The fourth-order valence-electron chi connectivity index (χ4n) is 10.4. The molecule has 11 nitrogen and oxygen atoms in total. The van der Waals surface area contributed by atoms with Gasteiger partial charge in [-0.2, -0.15) is 4.31 Å². The summed E-state index contributed by atoms with van der Waals surface area (Å²) in [7, 11) is -4.30. The number of aliphatic hydroxyl groups is 2. The Morgan fingerprint density at radius 1 is 0.909 bits per heavy atom. The Bertz CT molecular complexity index is 2650. The van der Waals surface area contributed by atoms with Gasteiger partial charge in [-0.1, -0.05) is 91.7 Å². The molecule has 1 saturated carbocycles. The zero-order chi connectivity index (χ0) is 46.3. The molecule has 1 aliphatic heterocycles. The summed E-state index contributed by atoms with van der Waals surface area (Å²) in [4.78, 5) is 11.0. The maximum atomic E-state index is 15.6. The first-order valence-electron chi connectivity index (χ1n) is 23.5. The molecule has 12 heteroatoms. The maximum absolute atomic E-state index is 15.6. The van der Waals surface area contributed by atoms with Crippen LogP contribution in [0, 0.1) is 31.6 Å². The monoisotopic (exact) mass is 913 g/mol. The number of unbranched alkanes of at least 4 members (excludes halogenated alkanes) is 2. The average Bonchev–Trinajstić information content (AvgIpc) is 3.33. The highest BCUT2D eigenvalue weighted by Crippen LogP contribution is 2.62. The highest BCUT2D eigenvalue weighted by molar-refractivity contribution is 7.89. The molecule has 5 aromatic rings. The van der Waals surface area contributed by atoms with Crippen LogP contribution in [0.25, 0.3) is 10.9 Å². The third-order valence-electron chi connectivity index (χ3n) is 13.6. The largest absolute Gasteiger partial charge is 0.460 e. The minimum Gasteiger partial charge on any atom is -0.460 e. The minimum atomic E-state index is -4.30. The van der Waals surface area contributed by atoms with E-state index >= 15 is 8.42 Å². The van der Waals surface area contributed by atoms with Crippen molar-refractivity contribution in [1.82, 2.24) is 9.29 Å². The topological polar surface area (TPSA) is 140 Å². The molecule has 6 atom stereocenters. The number of aliphatic hydroxyl groups excluding tert-OH is 2. The van der Waals surface area contributed by atoms with Crippen LogP contribution in [0.15, 0.2) is 138 Å². The van der Waals surface area contributed by atoms with Gasteiger partial charge in [-0.05, 0) is 123 Å². The third-order valence-corrected chi connectivity index (χ3v) is 15.5. The first kappa shape index (κ1) is 47.1. The molecule has 2 N–H and O–H groups in total. The van der Waals surface area contributed by atoms with E-state index in [9.17, 15) is 10.2 Å². The lowest BCUT2D eigenvalue weighted by atomic mass is 9.55. The molecule has 0 saturated heterocycles. The lowest BCUT2D eigenvalue weighted by Gasteiger charge is -2.59. The van der Waals surface area contributed by atoms with Crippen LogP contribution in [0.2, 0.25) is 0 Å². The lowest BCUT2D eigenvalue weighted by molar-refractivity contribution is -0.251. The van der Waals surface area contributed by atoms with Crippen molar-refractivity contribution in [2.45, 2.75) is 101 Å². The van der Waals surface area contributed by atoms with E-state index in [0.29, 0.717) is 47.4 Å². The van der Waals surface area contributed by atoms with Gasteiger partial charge in [0.1, 0.15) is 28.8 Å². The molecule has 0 bridgehead atoms. The van der Waals surface area contributed by atoms with Gasteiger partial charge in [0.2, 0.25) is 15.8 Å². The van der Waals surface area contributed by atoms with Crippen LogP contribution >= 0.6 is 0 Å². The van der Waals surface area contributed by atoms with Crippen LogP contribution in [-0.4, -0.2) is 71.8 Å². The van der Waals surface area contributed by atoms with Crippen molar-refractivity contribution in [2.24, 2.45) is 22.9 Å². The number of nitrogens with zero attached hydrogens (tertiary/aromatic N) is 3. The van der Waals surface area contributed by atoms with Gasteiger partial charge in [0, 0.05) is 49.2 Å². The van der Waals surface area contributed by atoms with Crippen molar-refractivity contribution < 1.29 is 37.7 Å². The smallest absolute Gasteiger partial charge is 0.245 e. The number of oxime groups is 1. The van der Waals surface area contributed by atoms with Crippen LogP contribution in [0.5, 0.6) is 17.2 Å². The number of hydrogen-bond acceptors (Lipinski definition) is 10. The molecule has 8 rings (SSSR count). The summed E-state index contributed by atoms with van der Waals surface area (Å²) in [6.07, 6.45) is 10.7. The summed E-state index contributed by atoms with van der Waals surface area (Å²) < 4.78 is 54.0. The van der Waals surface area contributed by atoms with Crippen LogP contribution in [-0.2, 0) is 26.2 Å². The van der Waals surface area contributed by atoms with E-state index < -0.39 is 27.8 Å². The number of rotatable bonds is 21. The van der Waals surface area contributed by atoms with Gasteiger partial charge in [0.25, 0.3) is 0 Å². The fourth-order valence-corrected chi connectivity index (χ4v) is 12.3. The summed E-state index contributed by atoms with van der Waals surface area (Å²) in [6.45, 7) is 10.8. The van der Waals surface area contributed by atoms with Gasteiger partial charge in [-0.25, -0.2) is 8.42 Å². The minimum absolute atomic E-state index is 0.000968. The summed E-state index contributed by atoms with van der Waals surface area (Å²) >= 11 is 0. The highest BCUT2D eigenvalue weighted by Gasteiger charge is 2.66. The predicted molar refractivity (Wildman–Crippen MR) is 258 cm³/mol. The van der Waals surface area contributed by atoms with Crippen molar-refractivity contribution in [2.75, 3.05) is 26.4 Å². The number of para-hydroxylation sites is 1. The van der Waals surface area contributed by atoms with Crippen molar-refractivity contribution in [3.05, 3.63) is 150 Å². The second-order valence-electron chi connectivity index (χ2n) is 17.8. The van der Waals surface area contributed by atoms with E-state index in [0.717, 1.165) is 53.7 Å². The Morgan fingerprint density at radius 3 is 2.42 bits per heavy atom. The van der Waals surface area contributed by atoms with Crippen LogP contribution in [0.4, 0.5) is 0 Å². The summed E-state index contributed by atoms with van der Waals surface area (Å²) in [5, 5.41) is 25.7. The molecule has 0 spiro atoms. The molecule has 66 heavy (non-hydrogen) atoms. The van der Waals surface area contributed by atoms with Gasteiger partial charge in [0.15, 0.2) is 0 Å². The summed E-state index contributed by atoms with van der Waals surface area (Å²) in [5.74, 6) is -0.450. The third kappa shape index (κ3) is 9.57. The molecule has 2 heterocycles. The SMILES string of the molecule is C=CCO[C@@]12Oc3ccc(Oc4ccc(C)c(C)c4)cc3[C@H]3[C@H](CCCCO)[C@@H](CCCCO)C=C(C(=NOCc4ccccc4)C[C@@H]1N(CCC)S(=O)(=O)c1cccc4cccnc14)[C@H]32. The normalized spacial score (nSPS) is 22.9. The molecular formula is C54H63N3O8S. The number of pyridine rings is 1. The highest BCUT2D eigenvalue weighted by atomic mass is 32.2. The Morgan fingerprint density at radius 2 is 1.67 bits per heavy atom. The number of sulfonamides is 1. The van der Waals surface area contributed by atoms with Crippen LogP contribution in [0.1, 0.15) is 86.5 Å². The number of fused-ring (bicyclic) bond motifs is 3. The van der Waals surface area contributed by atoms with E-state index in [2.05, 4.69) is 43.6 Å². The van der Waals surface area contributed by atoms with E-state index in [1.807, 2.05) is 73.7 Å². The maximum Gasteiger partial charge on any atom is 0.245 e.